The standard InChI is InChI=1S/C26H27F6N5O2/c1-5-6-17-11-20(25(29,24(4,27)28)26(30,31)32)9-15(2)22(17)36-23(39)18-7-8-21(37-14-33-13-35-37)19(10-18)12-34-16(3)38/h7-11,13-14H,5-6,12H2,1-4H3,(H,34,38)(H,36,39). The SMILES string of the molecule is CCCc1cc(C(F)(C(C)(F)F)C(F)(F)F)cc(C)c1NC(=O)c1ccc(-n2cncn2)c(CNC(C)=O)c1. The fourth-order valence-electron chi connectivity index (χ4n) is 4.20. The highest BCUT2D eigenvalue weighted by Gasteiger charge is 2.70. The van der Waals surface area contributed by atoms with Crippen LogP contribution in [-0.2, 0) is 23.4 Å². The zero-order valence-corrected chi connectivity index (χ0v) is 21.6. The average Bonchev–Trinajstić information content (AvgIpc) is 3.37. The maximum absolute atomic E-state index is 15.1. The Morgan fingerprint density at radius 3 is 2.26 bits per heavy atom. The van der Waals surface area contributed by atoms with Gasteiger partial charge >= 0.3 is 6.18 Å². The van der Waals surface area contributed by atoms with E-state index in [0.717, 1.165) is 6.07 Å². The van der Waals surface area contributed by atoms with Crippen molar-refractivity contribution in [3.8, 4) is 5.69 Å². The van der Waals surface area contributed by atoms with Gasteiger partial charge in [0.2, 0.25) is 5.91 Å². The van der Waals surface area contributed by atoms with E-state index in [1.165, 1.54) is 43.3 Å². The Morgan fingerprint density at radius 1 is 1.03 bits per heavy atom. The summed E-state index contributed by atoms with van der Waals surface area (Å²) in [5, 5.41) is 9.32. The van der Waals surface area contributed by atoms with Crippen molar-refractivity contribution < 1.29 is 35.9 Å². The second-order valence-electron chi connectivity index (χ2n) is 9.17. The Balaban J connectivity index is 2.04. The maximum Gasteiger partial charge on any atom is 0.432 e. The van der Waals surface area contributed by atoms with Crippen molar-refractivity contribution in [1.82, 2.24) is 20.1 Å². The molecule has 1 unspecified atom stereocenters. The molecule has 13 heteroatoms. The lowest BCUT2D eigenvalue weighted by atomic mass is 9.85. The van der Waals surface area contributed by atoms with Gasteiger partial charge in [0.15, 0.2) is 0 Å². The third kappa shape index (κ3) is 6.07. The van der Waals surface area contributed by atoms with Crippen molar-refractivity contribution in [3.63, 3.8) is 0 Å². The highest BCUT2D eigenvalue weighted by atomic mass is 19.4. The first-order valence-electron chi connectivity index (χ1n) is 11.9. The van der Waals surface area contributed by atoms with Crippen molar-refractivity contribution in [2.75, 3.05) is 5.32 Å². The van der Waals surface area contributed by atoms with Gasteiger partial charge in [-0.1, -0.05) is 19.4 Å². The number of halogens is 6. The third-order valence-corrected chi connectivity index (χ3v) is 6.10. The Kier molecular flexibility index (Phi) is 8.42. The van der Waals surface area contributed by atoms with Crippen LogP contribution >= 0.6 is 0 Å². The summed E-state index contributed by atoms with van der Waals surface area (Å²) in [4.78, 5) is 28.5. The lowest BCUT2D eigenvalue weighted by Gasteiger charge is -2.34. The number of hydrogen-bond donors (Lipinski definition) is 2. The molecular weight excluding hydrogens is 528 g/mol. The first-order valence-corrected chi connectivity index (χ1v) is 11.9. The minimum Gasteiger partial charge on any atom is -0.352 e. The van der Waals surface area contributed by atoms with Gasteiger partial charge in [-0.3, -0.25) is 9.59 Å². The molecule has 0 aliphatic heterocycles. The van der Waals surface area contributed by atoms with Crippen molar-refractivity contribution in [3.05, 3.63) is 70.8 Å². The quantitative estimate of drug-likeness (QED) is 0.327. The lowest BCUT2D eigenvalue weighted by Crippen LogP contribution is -2.51. The summed E-state index contributed by atoms with van der Waals surface area (Å²) in [5.41, 5.74) is -4.81. The molecule has 3 aromatic rings. The highest BCUT2D eigenvalue weighted by Crippen LogP contribution is 2.53. The molecule has 0 saturated heterocycles. The Morgan fingerprint density at radius 2 is 1.72 bits per heavy atom. The number of carbonyl (C=O) groups is 2. The van der Waals surface area contributed by atoms with Gasteiger partial charge in [-0.2, -0.15) is 18.3 Å². The van der Waals surface area contributed by atoms with E-state index in [1.807, 2.05) is 0 Å². The Hall–Kier alpha value is -3.90. The summed E-state index contributed by atoms with van der Waals surface area (Å²) < 4.78 is 85.4. The number of hydrogen-bond acceptors (Lipinski definition) is 4. The molecule has 0 saturated carbocycles. The van der Waals surface area contributed by atoms with E-state index in [-0.39, 0.29) is 48.2 Å². The molecule has 0 radical (unpaired) electrons. The summed E-state index contributed by atoms with van der Waals surface area (Å²) in [6.45, 7) is 4.27. The fraction of sp³-hybridized carbons (Fsp3) is 0.385. The predicted octanol–water partition coefficient (Wildman–Crippen LogP) is 5.80. The van der Waals surface area contributed by atoms with Crippen LogP contribution in [0.1, 0.15) is 59.8 Å². The number of nitrogens with one attached hydrogen (secondary N) is 2. The van der Waals surface area contributed by atoms with Gasteiger partial charge in [0.25, 0.3) is 17.5 Å². The van der Waals surface area contributed by atoms with E-state index in [2.05, 4.69) is 20.7 Å². The lowest BCUT2D eigenvalue weighted by molar-refractivity contribution is -0.304. The van der Waals surface area contributed by atoms with Gasteiger partial charge in [-0.15, -0.1) is 0 Å². The number of amides is 2. The van der Waals surface area contributed by atoms with E-state index in [4.69, 9.17) is 0 Å². The van der Waals surface area contributed by atoms with Crippen LogP contribution in [-0.4, -0.2) is 38.7 Å². The minimum atomic E-state index is -5.89. The van der Waals surface area contributed by atoms with Crippen LogP contribution in [0.3, 0.4) is 0 Å². The van der Waals surface area contributed by atoms with Crippen molar-refractivity contribution in [2.45, 2.75) is 64.8 Å². The molecule has 210 valence electrons. The minimum absolute atomic E-state index is 0.0162. The third-order valence-electron chi connectivity index (χ3n) is 6.10. The summed E-state index contributed by atoms with van der Waals surface area (Å²) in [5.74, 6) is -5.72. The van der Waals surface area contributed by atoms with Gasteiger partial charge < -0.3 is 10.6 Å². The number of rotatable bonds is 9. The van der Waals surface area contributed by atoms with Gasteiger partial charge in [0, 0.05) is 37.2 Å². The van der Waals surface area contributed by atoms with Crippen LogP contribution < -0.4 is 10.6 Å². The number of nitrogens with zero attached hydrogens (tertiary/aromatic N) is 3. The van der Waals surface area contributed by atoms with Crippen LogP contribution in [0.15, 0.2) is 43.0 Å². The van der Waals surface area contributed by atoms with Crippen LogP contribution in [0.2, 0.25) is 0 Å². The van der Waals surface area contributed by atoms with Crippen molar-refractivity contribution in [1.29, 1.82) is 0 Å². The smallest absolute Gasteiger partial charge is 0.352 e. The maximum atomic E-state index is 15.1. The Bertz CT molecular complexity index is 1340. The molecule has 2 aromatic carbocycles. The molecule has 39 heavy (non-hydrogen) atoms. The highest BCUT2D eigenvalue weighted by molar-refractivity contribution is 6.05. The number of aromatic nitrogens is 3. The molecule has 2 amide bonds. The van der Waals surface area contributed by atoms with Gasteiger partial charge in [-0.25, -0.2) is 22.8 Å². The number of anilines is 1. The number of carbonyl (C=O) groups excluding carboxylic acids is 2. The largest absolute Gasteiger partial charge is 0.432 e. The zero-order chi connectivity index (χ0) is 29.2. The topological polar surface area (TPSA) is 88.9 Å². The molecular formula is C26H27F6N5O2. The van der Waals surface area contributed by atoms with Crippen LogP contribution in [0.5, 0.6) is 0 Å². The van der Waals surface area contributed by atoms with E-state index >= 15 is 4.39 Å². The molecule has 1 atom stereocenters. The Labute approximate surface area is 220 Å². The van der Waals surface area contributed by atoms with Crippen molar-refractivity contribution >= 4 is 17.5 Å². The summed E-state index contributed by atoms with van der Waals surface area (Å²) in [6, 6.07) is 5.95. The second-order valence-corrected chi connectivity index (χ2v) is 9.17. The molecule has 1 aromatic heterocycles. The van der Waals surface area contributed by atoms with E-state index in [9.17, 15) is 31.5 Å². The monoisotopic (exact) mass is 555 g/mol. The number of alkyl halides is 6. The average molecular weight is 556 g/mol. The number of benzene rings is 2. The first-order chi connectivity index (χ1) is 18.1. The molecule has 0 aliphatic carbocycles. The first kappa shape index (κ1) is 29.7. The van der Waals surface area contributed by atoms with Crippen LogP contribution in [0.25, 0.3) is 5.69 Å². The number of aryl methyl sites for hydroxylation is 2. The molecule has 0 fully saturated rings. The van der Waals surface area contributed by atoms with Gasteiger partial charge in [0.05, 0.1) is 5.69 Å². The zero-order valence-electron chi connectivity index (χ0n) is 21.6. The van der Waals surface area contributed by atoms with Crippen LogP contribution in [0, 0.1) is 6.92 Å². The second kappa shape index (κ2) is 11.1. The molecule has 1 heterocycles. The van der Waals surface area contributed by atoms with E-state index in [0.29, 0.717) is 23.7 Å². The normalized spacial score (nSPS) is 13.6. The van der Waals surface area contributed by atoms with Gasteiger partial charge in [0.1, 0.15) is 12.7 Å². The fourth-order valence-corrected chi connectivity index (χ4v) is 4.20. The van der Waals surface area contributed by atoms with Crippen LogP contribution in [0.4, 0.5) is 32.0 Å². The van der Waals surface area contributed by atoms with Gasteiger partial charge in [-0.05, 0) is 54.3 Å². The summed E-state index contributed by atoms with van der Waals surface area (Å²) in [6.07, 6.45) is -2.68. The predicted molar refractivity (Wildman–Crippen MR) is 131 cm³/mol. The molecule has 3 rings (SSSR count). The molecule has 0 bridgehead atoms. The summed E-state index contributed by atoms with van der Waals surface area (Å²) >= 11 is 0. The van der Waals surface area contributed by atoms with E-state index < -0.39 is 29.2 Å². The summed E-state index contributed by atoms with van der Waals surface area (Å²) in [7, 11) is 0. The van der Waals surface area contributed by atoms with Crippen molar-refractivity contribution in [2.24, 2.45) is 0 Å². The molecule has 2 N–H and O–H groups in total. The molecule has 0 spiro atoms. The molecule has 0 aliphatic rings. The molecule has 7 nitrogen and oxygen atoms in total. The van der Waals surface area contributed by atoms with E-state index in [1.54, 1.807) is 13.0 Å².